The molecule has 0 unspecified atom stereocenters. The minimum absolute atomic E-state index is 0.157. The number of aliphatic carboxylic acids is 1. The first-order chi connectivity index (χ1) is 10.1. The molecule has 5 nitrogen and oxygen atoms in total. The normalized spacial score (nSPS) is 14.6. The summed E-state index contributed by atoms with van der Waals surface area (Å²) in [6.07, 6.45) is 4.84. The Hall–Kier alpha value is -2.30. The number of likely N-dealkylation sites (tertiary alicyclic amines) is 1. The lowest BCUT2D eigenvalue weighted by Crippen LogP contribution is -2.37. The highest BCUT2D eigenvalue weighted by atomic mass is 16.4. The molecule has 1 aliphatic rings. The van der Waals surface area contributed by atoms with E-state index in [1.54, 1.807) is 6.08 Å². The standard InChI is InChI=1S/C16H20N2O3/c1-17(12-15(19)18-10-2-3-11-18)14-7-4-13(5-8-14)6-9-16(20)21/h4-9H,2-3,10-12H2,1H3,(H,20,21). The van der Waals surface area contributed by atoms with Gasteiger partial charge < -0.3 is 14.9 Å². The average Bonchev–Trinajstić information content (AvgIpc) is 3.00. The van der Waals surface area contributed by atoms with Crippen LogP contribution >= 0.6 is 0 Å². The number of carboxylic acids is 1. The largest absolute Gasteiger partial charge is 0.478 e. The van der Waals surface area contributed by atoms with E-state index in [0.717, 1.165) is 43.3 Å². The molecule has 1 N–H and O–H groups in total. The van der Waals surface area contributed by atoms with Crippen LogP contribution in [0.1, 0.15) is 18.4 Å². The number of likely N-dealkylation sites (N-methyl/N-ethyl adjacent to an activating group) is 1. The van der Waals surface area contributed by atoms with Crippen molar-refractivity contribution in [3.8, 4) is 0 Å². The second-order valence-electron chi connectivity index (χ2n) is 5.21. The van der Waals surface area contributed by atoms with E-state index in [9.17, 15) is 9.59 Å². The number of amides is 1. The molecule has 0 bridgehead atoms. The number of benzene rings is 1. The lowest BCUT2D eigenvalue weighted by atomic mass is 10.2. The summed E-state index contributed by atoms with van der Waals surface area (Å²) in [4.78, 5) is 26.4. The Morgan fingerprint density at radius 3 is 2.43 bits per heavy atom. The number of carboxylic acid groups (broad SMARTS) is 1. The first-order valence-electron chi connectivity index (χ1n) is 7.06. The minimum Gasteiger partial charge on any atom is -0.478 e. The van der Waals surface area contributed by atoms with Crippen LogP contribution in [0, 0.1) is 0 Å². The molecule has 0 aromatic heterocycles. The third-order valence-electron chi connectivity index (χ3n) is 3.58. The van der Waals surface area contributed by atoms with Crippen LogP contribution in [-0.4, -0.2) is 48.6 Å². The van der Waals surface area contributed by atoms with Crippen molar-refractivity contribution in [1.29, 1.82) is 0 Å². The number of anilines is 1. The van der Waals surface area contributed by atoms with Gasteiger partial charge in [-0.05, 0) is 36.6 Å². The number of nitrogens with zero attached hydrogens (tertiary/aromatic N) is 2. The Morgan fingerprint density at radius 1 is 1.24 bits per heavy atom. The monoisotopic (exact) mass is 288 g/mol. The second-order valence-corrected chi connectivity index (χ2v) is 5.21. The molecular weight excluding hydrogens is 268 g/mol. The molecule has 21 heavy (non-hydrogen) atoms. The number of hydrogen-bond acceptors (Lipinski definition) is 3. The van der Waals surface area contributed by atoms with Crippen LogP contribution in [0.3, 0.4) is 0 Å². The smallest absolute Gasteiger partial charge is 0.328 e. The van der Waals surface area contributed by atoms with Crippen molar-refractivity contribution in [3.63, 3.8) is 0 Å². The van der Waals surface area contributed by atoms with Gasteiger partial charge in [0, 0.05) is 31.9 Å². The molecule has 0 atom stereocenters. The third-order valence-corrected chi connectivity index (χ3v) is 3.58. The number of carbonyl (C=O) groups excluding carboxylic acids is 1. The molecule has 0 saturated carbocycles. The minimum atomic E-state index is -0.965. The highest BCUT2D eigenvalue weighted by Gasteiger charge is 2.19. The summed E-state index contributed by atoms with van der Waals surface area (Å²) in [6.45, 7) is 2.10. The van der Waals surface area contributed by atoms with Crippen LogP contribution in [0.15, 0.2) is 30.3 Å². The first kappa shape index (κ1) is 15.1. The summed E-state index contributed by atoms with van der Waals surface area (Å²) in [5.74, 6) is -0.808. The Labute approximate surface area is 124 Å². The van der Waals surface area contributed by atoms with Crippen LogP contribution in [0.4, 0.5) is 5.69 Å². The maximum atomic E-state index is 12.1. The molecule has 5 heteroatoms. The second kappa shape index (κ2) is 6.92. The van der Waals surface area contributed by atoms with Gasteiger partial charge in [-0.15, -0.1) is 0 Å². The van der Waals surface area contributed by atoms with Crippen molar-refractivity contribution < 1.29 is 14.7 Å². The van der Waals surface area contributed by atoms with Gasteiger partial charge in [-0.3, -0.25) is 4.79 Å². The summed E-state index contributed by atoms with van der Waals surface area (Å²) in [6, 6.07) is 7.45. The summed E-state index contributed by atoms with van der Waals surface area (Å²) < 4.78 is 0. The summed E-state index contributed by atoms with van der Waals surface area (Å²) in [5, 5.41) is 8.58. The SMILES string of the molecule is CN(CC(=O)N1CCCC1)c1ccc(C=CC(=O)O)cc1. The molecule has 0 radical (unpaired) electrons. The molecule has 1 amide bonds. The molecule has 1 aliphatic heterocycles. The van der Waals surface area contributed by atoms with Crippen molar-refractivity contribution >= 4 is 23.6 Å². The predicted octanol–water partition coefficient (Wildman–Crippen LogP) is 1.84. The van der Waals surface area contributed by atoms with Crippen LogP contribution in [-0.2, 0) is 9.59 Å². The highest BCUT2D eigenvalue weighted by molar-refractivity contribution is 5.85. The molecule has 1 saturated heterocycles. The van der Waals surface area contributed by atoms with E-state index in [1.807, 2.05) is 41.1 Å². The Bertz CT molecular complexity index is 531. The van der Waals surface area contributed by atoms with Gasteiger partial charge >= 0.3 is 5.97 Å². The van der Waals surface area contributed by atoms with Gasteiger partial charge in [0.15, 0.2) is 0 Å². The number of carbonyl (C=O) groups is 2. The summed E-state index contributed by atoms with van der Waals surface area (Å²) >= 11 is 0. The van der Waals surface area contributed by atoms with E-state index in [-0.39, 0.29) is 5.91 Å². The zero-order chi connectivity index (χ0) is 15.2. The maximum absolute atomic E-state index is 12.1. The molecule has 1 heterocycles. The number of rotatable bonds is 5. The topological polar surface area (TPSA) is 60.9 Å². The average molecular weight is 288 g/mol. The van der Waals surface area contributed by atoms with E-state index in [2.05, 4.69) is 0 Å². The van der Waals surface area contributed by atoms with Crippen LogP contribution in [0.5, 0.6) is 0 Å². The van der Waals surface area contributed by atoms with Crippen molar-refractivity contribution in [3.05, 3.63) is 35.9 Å². The zero-order valence-corrected chi connectivity index (χ0v) is 12.2. The third kappa shape index (κ3) is 4.34. The lowest BCUT2D eigenvalue weighted by Gasteiger charge is -2.22. The molecule has 1 aromatic carbocycles. The van der Waals surface area contributed by atoms with E-state index < -0.39 is 5.97 Å². The van der Waals surface area contributed by atoms with Gasteiger partial charge in [-0.2, -0.15) is 0 Å². The van der Waals surface area contributed by atoms with E-state index >= 15 is 0 Å². The zero-order valence-electron chi connectivity index (χ0n) is 12.2. The molecule has 2 rings (SSSR count). The fraction of sp³-hybridized carbons (Fsp3) is 0.375. The molecule has 1 aromatic rings. The van der Waals surface area contributed by atoms with E-state index in [4.69, 9.17) is 5.11 Å². The lowest BCUT2D eigenvalue weighted by molar-refractivity contribution is -0.131. The van der Waals surface area contributed by atoms with Crippen LogP contribution in [0.2, 0.25) is 0 Å². The first-order valence-corrected chi connectivity index (χ1v) is 7.06. The molecule has 112 valence electrons. The Kier molecular flexibility index (Phi) is 4.98. The summed E-state index contributed by atoms with van der Waals surface area (Å²) in [7, 11) is 1.88. The van der Waals surface area contributed by atoms with E-state index in [0.29, 0.717) is 6.54 Å². The van der Waals surface area contributed by atoms with Gasteiger partial charge in [0.2, 0.25) is 5.91 Å². The number of hydrogen-bond donors (Lipinski definition) is 1. The van der Waals surface area contributed by atoms with Gasteiger partial charge in [-0.25, -0.2) is 4.79 Å². The van der Waals surface area contributed by atoms with Crippen molar-refractivity contribution in [2.75, 3.05) is 31.6 Å². The van der Waals surface area contributed by atoms with Crippen LogP contribution < -0.4 is 4.90 Å². The Morgan fingerprint density at radius 2 is 1.86 bits per heavy atom. The fourth-order valence-electron chi connectivity index (χ4n) is 2.37. The van der Waals surface area contributed by atoms with Crippen molar-refractivity contribution in [2.45, 2.75) is 12.8 Å². The van der Waals surface area contributed by atoms with Gasteiger partial charge in [0.1, 0.15) is 0 Å². The van der Waals surface area contributed by atoms with Gasteiger partial charge in [0.25, 0.3) is 0 Å². The van der Waals surface area contributed by atoms with Crippen LogP contribution in [0.25, 0.3) is 6.08 Å². The fourth-order valence-corrected chi connectivity index (χ4v) is 2.37. The quantitative estimate of drug-likeness (QED) is 0.840. The van der Waals surface area contributed by atoms with Crippen molar-refractivity contribution in [1.82, 2.24) is 4.90 Å². The molecule has 0 spiro atoms. The van der Waals surface area contributed by atoms with Gasteiger partial charge in [0.05, 0.1) is 6.54 Å². The molecule has 1 fully saturated rings. The predicted molar refractivity (Wildman–Crippen MR) is 82.2 cm³/mol. The highest BCUT2D eigenvalue weighted by Crippen LogP contribution is 2.16. The van der Waals surface area contributed by atoms with Crippen molar-refractivity contribution in [2.24, 2.45) is 0 Å². The summed E-state index contributed by atoms with van der Waals surface area (Å²) in [5.41, 5.74) is 1.76. The Balaban J connectivity index is 1.94. The van der Waals surface area contributed by atoms with E-state index in [1.165, 1.54) is 0 Å². The molecular formula is C16H20N2O3. The molecule has 0 aliphatic carbocycles. The van der Waals surface area contributed by atoms with Gasteiger partial charge in [-0.1, -0.05) is 12.1 Å². The maximum Gasteiger partial charge on any atom is 0.328 e.